The van der Waals surface area contributed by atoms with Gasteiger partial charge in [-0.2, -0.15) is 0 Å². The number of aromatic nitrogens is 3. The van der Waals surface area contributed by atoms with E-state index in [0.717, 1.165) is 37.5 Å². The Morgan fingerprint density at radius 3 is 3.00 bits per heavy atom. The minimum Gasteiger partial charge on any atom is -0.376 e. The van der Waals surface area contributed by atoms with Gasteiger partial charge in [0.1, 0.15) is 11.3 Å². The smallest absolute Gasteiger partial charge is 0.180 e. The van der Waals surface area contributed by atoms with Gasteiger partial charge in [0, 0.05) is 32.1 Å². The van der Waals surface area contributed by atoms with Gasteiger partial charge in [0.2, 0.25) is 0 Å². The summed E-state index contributed by atoms with van der Waals surface area (Å²) in [5, 5.41) is 0. The van der Waals surface area contributed by atoms with Crippen LogP contribution in [-0.4, -0.2) is 40.8 Å². The van der Waals surface area contributed by atoms with E-state index in [2.05, 4.69) is 26.8 Å². The van der Waals surface area contributed by atoms with Gasteiger partial charge in [-0.25, -0.2) is 9.97 Å². The average Bonchev–Trinajstić information content (AvgIpc) is 2.97. The zero-order valence-corrected chi connectivity index (χ0v) is 11.1. The first-order chi connectivity index (χ1) is 9.36. The Kier molecular flexibility index (Phi) is 3.55. The van der Waals surface area contributed by atoms with Gasteiger partial charge in [0.05, 0.1) is 6.10 Å². The molecule has 1 unspecified atom stereocenters. The molecule has 3 heterocycles. The SMILES string of the molecule is CCN(CC1CCCO1)c1ccc2nccnc2n1. The van der Waals surface area contributed by atoms with Crippen LogP contribution in [0, 0.1) is 0 Å². The normalized spacial score (nSPS) is 18.9. The summed E-state index contributed by atoms with van der Waals surface area (Å²) in [6.45, 7) is 4.84. The first-order valence-corrected chi connectivity index (χ1v) is 6.81. The number of ether oxygens (including phenoxy) is 1. The van der Waals surface area contributed by atoms with Gasteiger partial charge >= 0.3 is 0 Å². The molecule has 0 aliphatic carbocycles. The highest BCUT2D eigenvalue weighted by Gasteiger charge is 2.19. The molecular weight excluding hydrogens is 240 g/mol. The van der Waals surface area contributed by atoms with Crippen LogP contribution in [0.1, 0.15) is 19.8 Å². The van der Waals surface area contributed by atoms with Crippen molar-refractivity contribution in [1.29, 1.82) is 0 Å². The Morgan fingerprint density at radius 1 is 1.32 bits per heavy atom. The molecule has 100 valence electrons. The lowest BCUT2D eigenvalue weighted by Gasteiger charge is -2.24. The van der Waals surface area contributed by atoms with Crippen LogP contribution >= 0.6 is 0 Å². The highest BCUT2D eigenvalue weighted by Crippen LogP contribution is 2.19. The van der Waals surface area contributed by atoms with Gasteiger partial charge in [-0.15, -0.1) is 0 Å². The number of nitrogens with zero attached hydrogens (tertiary/aromatic N) is 4. The van der Waals surface area contributed by atoms with Gasteiger partial charge in [-0.3, -0.25) is 4.98 Å². The fraction of sp³-hybridized carbons (Fsp3) is 0.500. The minimum absolute atomic E-state index is 0.333. The Morgan fingerprint density at radius 2 is 2.21 bits per heavy atom. The molecule has 1 aliphatic heterocycles. The predicted molar refractivity (Wildman–Crippen MR) is 74.2 cm³/mol. The van der Waals surface area contributed by atoms with Crippen LogP contribution in [0.15, 0.2) is 24.5 Å². The Balaban J connectivity index is 1.83. The summed E-state index contributed by atoms with van der Waals surface area (Å²) < 4.78 is 5.70. The lowest BCUT2D eigenvalue weighted by molar-refractivity contribution is 0.115. The second kappa shape index (κ2) is 5.48. The van der Waals surface area contributed by atoms with E-state index in [0.29, 0.717) is 11.8 Å². The summed E-state index contributed by atoms with van der Waals surface area (Å²) in [6, 6.07) is 3.98. The van der Waals surface area contributed by atoms with Crippen LogP contribution < -0.4 is 4.90 Å². The van der Waals surface area contributed by atoms with Crippen molar-refractivity contribution < 1.29 is 4.74 Å². The molecule has 5 nitrogen and oxygen atoms in total. The third kappa shape index (κ3) is 2.66. The number of fused-ring (bicyclic) bond motifs is 1. The zero-order chi connectivity index (χ0) is 13.1. The molecule has 0 aromatic carbocycles. The van der Waals surface area contributed by atoms with Gasteiger partial charge in [-0.1, -0.05) is 0 Å². The second-order valence-electron chi connectivity index (χ2n) is 4.74. The van der Waals surface area contributed by atoms with E-state index < -0.39 is 0 Å². The number of hydrogen-bond donors (Lipinski definition) is 0. The minimum atomic E-state index is 0.333. The maximum absolute atomic E-state index is 5.70. The molecule has 0 N–H and O–H groups in total. The van der Waals surface area contributed by atoms with Crippen LogP contribution in [0.3, 0.4) is 0 Å². The van der Waals surface area contributed by atoms with E-state index in [1.165, 1.54) is 6.42 Å². The molecule has 2 aromatic rings. The van der Waals surface area contributed by atoms with Crippen LogP contribution in [0.25, 0.3) is 11.2 Å². The fourth-order valence-electron chi connectivity index (χ4n) is 2.44. The number of anilines is 1. The van der Waals surface area contributed by atoms with Crippen LogP contribution in [-0.2, 0) is 4.74 Å². The highest BCUT2D eigenvalue weighted by atomic mass is 16.5. The molecule has 1 atom stereocenters. The van der Waals surface area contributed by atoms with Gasteiger partial charge in [0.15, 0.2) is 5.65 Å². The van der Waals surface area contributed by atoms with Crippen molar-refractivity contribution in [2.75, 3.05) is 24.6 Å². The molecule has 1 aliphatic rings. The third-order valence-electron chi connectivity index (χ3n) is 3.47. The van der Waals surface area contributed by atoms with E-state index in [-0.39, 0.29) is 0 Å². The van der Waals surface area contributed by atoms with Gasteiger partial charge in [-0.05, 0) is 31.9 Å². The fourth-order valence-corrected chi connectivity index (χ4v) is 2.44. The lowest BCUT2D eigenvalue weighted by atomic mass is 10.2. The molecule has 0 bridgehead atoms. The molecule has 5 heteroatoms. The summed E-state index contributed by atoms with van der Waals surface area (Å²) in [4.78, 5) is 15.3. The summed E-state index contributed by atoms with van der Waals surface area (Å²) in [5.41, 5.74) is 1.53. The summed E-state index contributed by atoms with van der Waals surface area (Å²) in [6.07, 6.45) is 6.01. The van der Waals surface area contributed by atoms with E-state index >= 15 is 0 Å². The predicted octanol–water partition coefficient (Wildman–Crippen LogP) is 2.03. The molecule has 3 rings (SSSR count). The summed E-state index contributed by atoms with van der Waals surface area (Å²) in [7, 11) is 0. The molecule has 0 amide bonds. The summed E-state index contributed by atoms with van der Waals surface area (Å²) in [5.74, 6) is 0.950. The Hall–Kier alpha value is -1.75. The van der Waals surface area contributed by atoms with Gasteiger partial charge < -0.3 is 9.64 Å². The molecule has 1 saturated heterocycles. The average molecular weight is 258 g/mol. The standard InChI is InChI=1S/C14H18N4O/c1-2-18(10-11-4-3-9-19-11)13-6-5-12-14(17-13)16-8-7-15-12/h5-8,11H,2-4,9-10H2,1H3. The second-order valence-corrected chi connectivity index (χ2v) is 4.74. The van der Waals surface area contributed by atoms with E-state index in [9.17, 15) is 0 Å². The van der Waals surface area contributed by atoms with Gasteiger partial charge in [0.25, 0.3) is 0 Å². The number of pyridine rings is 1. The third-order valence-corrected chi connectivity index (χ3v) is 3.47. The molecule has 0 radical (unpaired) electrons. The molecule has 2 aromatic heterocycles. The number of likely N-dealkylation sites (N-methyl/N-ethyl adjacent to an activating group) is 1. The van der Waals surface area contributed by atoms with Crippen molar-refractivity contribution in [1.82, 2.24) is 15.0 Å². The lowest BCUT2D eigenvalue weighted by Crippen LogP contribution is -2.32. The van der Waals surface area contributed by atoms with Crippen LogP contribution in [0.4, 0.5) is 5.82 Å². The van der Waals surface area contributed by atoms with Crippen molar-refractivity contribution in [2.45, 2.75) is 25.9 Å². The quantitative estimate of drug-likeness (QED) is 0.840. The molecule has 0 spiro atoms. The molecule has 1 fully saturated rings. The number of rotatable bonds is 4. The maximum Gasteiger partial charge on any atom is 0.180 e. The van der Waals surface area contributed by atoms with Crippen molar-refractivity contribution in [2.24, 2.45) is 0 Å². The molecule has 0 saturated carbocycles. The first-order valence-electron chi connectivity index (χ1n) is 6.81. The van der Waals surface area contributed by atoms with E-state index in [1.54, 1.807) is 12.4 Å². The maximum atomic E-state index is 5.70. The van der Waals surface area contributed by atoms with Crippen molar-refractivity contribution >= 4 is 17.0 Å². The molecular formula is C14H18N4O. The highest BCUT2D eigenvalue weighted by molar-refractivity contribution is 5.71. The van der Waals surface area contributed by atoms with Crippen LogP contribution in [0.5, 0.6) is 0 Å². The Bertz CT molecular complexity index is 554. The zero-order valence-electron chi connectivity index (χ0n) is 11.1. The van der Waals surface area contributed by atoms with Crippen LogP contribution in [0.2, 0.25) is 0 Å². The molecule has 19 heavy (non-hydrogen) atoms. The first kappa shape index (κ1) is 12.3. The largest absolute Gasteiger partial charge is 0.376 e. The van der Waals surface area contributed by atoms with E-state index in [1.807, 2.05) is 12.1 Å². The van der Waals surface area contributed by atoms with E-state index in [4.69, 9.17) is 4.74 Å². The monoisotopic (exact) mass is 258 g/mol. The number of hydrogen-bond acceptors (Lipinski definition) is 5. The van der Waals surface area contributed by atoms with Crippen molar-refractivity contribution in [3.63, 3.8) is 0 Å². The Labute approximate surface area is 112 Å². The van der Waals surface area contributed by atoms with Crippen molar-refractivity contribution in [3.05, 3.63) is 24.5 Å². The summed E-state index contributed by atoms with van der Waals surface area (Å²) >= 11 is 0. The van der Waals surface area contributed by atoms with Crippen molar-refractivity contribution in [3.8, 4) is 0 Å². The topological polar surface area (TPSA) is 51.1 Å².